The van der Waals surface area contributed by atoms with Crippen LogP contribution in [0.25, 0.3) is 0 Å². The molecule has 2 N–H and O–H groups in total. The lowest BCUT2D eigenvalue weighted by molar-refractivity contribution is -0.143. The highest BCUT2D eigenvalue weighted by Gasteiger charge is 2.01. The molecule has 0 fully saturated rings. The quantitative estimate of drug-likeness (QED) is 0.321. The van der Waals surface area contributed by atoms with Gasteiger partial charge < -0.3 is 9.47 Å². The third-order valence-electron chi connectivity index (χ3n) is 1.34. The van der Waals surface area contributed by atoms with Crippen molar-refractivity contribution >= 4 is 11.9 Å². The molecule has 0 saturated carbocycles. The zero-order chi connectivity index (χ0) is 10.8. The molecular formula is C8H16N2O4. The Morgan fingerprint density at radius 3 is 2.50 bits per heavy atom. The molecule has 14 heavy (non-hydrogen) atoms. The lowest BCUT2D eigenvalue weighted by atomic mass is 10.4. The van der Waals surface area contributed by atoms with Crippen molar-refractivity contribution in [3.63, 3.8) is 0 Å². The second kappa shape index (κ2) is 8.46. The van der Waals surface area contributed by atoms with Gasteiger partial charge in [0.05, 0.1) is 20.1 Å². The van der Waals surface area contributed by atoms with E-state index in [2.05, 4.69) is 15.6 Å². The van der Waals surface area contributed by atoms with Gasteiger partial charge in [-0.15, -0.1) is 0 Å². The molecule has 0 heterocycles. The summed E-state index contributed by atoms with van der Waals surface area (Å²) in [4.78, 5) is 21.4. The average Bonchev–Trinajstić information content (AvgIpc) is 2.17. The van der Waals surface area contributed by atoms with Crippen molar-refractivity contribution in [3.05, 3.63) is 0 Å². The number of methoxy groups -OCH3 is 1. The van der Waals surface area contributed by atoms with E-state index in [1.165, 1.54) is 7.11 Å². The molecule has 0 aromatic carbocycles. The Kier molecular flexibility index (Phi) is 7.77. The van der Waals surface area contributed by atoms with Crippen molar-refractivity contribution in [3.8, 4) is 0 Å². The van der Waals surface area contributed by atoms with Crippen LogP contribution in [-0.4, -0.2) is 38.7 Å². The van der Waals surface area contributed by atoms with E-state index in [1.54, 1.807) is 6.92 Å². The minimum absolute atomic E-state index is 0.0688. The van der Waals surface area contributed by atoms with E-state index in [9.17, 15) is 9.59 Å². The highest BCUT2D eigenvalue weighted by molar-refractivity contribution is 5.71. The summed E-state index contributed by atoms with van der Waals surface area (Å²) < 4.78 is 9.08. The number of nitrogens with one attached hydrogen (secondary N) is 2. The second-order valence-corrected chi connectivity index (χ2v) is 2.41. The number of carbonyl (C=O) groups excluding carboxylic acids is 2. The largest absolute Gasteiger partial charge is 0.468 e. The van der Waals surface area contributed by atoms with Crippen LogP contribution in [0.4, 0.5) is 0 Å². The standard InChI is InChI=1S/C8H16N2O4/c1-3-14-7(11)4-5-9-10-6-8(12)13-2/h9-10H,3-6H2,1-2H3. The Balaban J connectivity index is 3.21. The first-order chi connectivity index (χ1) is 6.70. The summed E-state index contributed by atoms with van der Waals surface area (Å²) in [7, 11) is 1.31. The van der Waals surface area contributed by atoms with Gasteiger partial charge in [0.2, 0.25) is 0 Å². The summed E-state index contributed by atoms with van der Waals surface area (Å²) in [6, 6.07) is 0. The van der Waals surface area contributed by atoms with Gasteiger partial charge in [0.1, 0.15) is 6.54 Å². The fraction of sp³-hybridized carbons (Fsp3) is 0.750. The first-order valence-electron chi connectivity index (χ1n) is 4.38. The third-order valence-corrected chi connectivity index (χ3v) is 1.34. The molecule has 82 valence electrons. The van der Waals surface area contributed by atoms with E-state index in [4.69, 9.17) is 4.74 Å². The predicted octanol–water partition coefficient (Wildman–Crippen LogP) is -0.793. The van der Waals surface area contributed by atoms with Crippen molar-refractivity contribution < 1.29 is 19.1 Å². The van der Waals surface area contributed by atoms with Gasteiger partial charge in [-0.05, 0) is 6.92 Å². The molecule has 0 aromatic heterocycles. The number of ether oxygens (including phenoxy) is 2. The van der Waals surface area contributed by atoms with E-state index >= 15 is 0 Å². The molecule has 6 heteroatoms. The average molecular weight is 204 g/mol. The molecule has 6 nitrogen and oxygen atoms in total. The van der Waals surface area contributed by atoms with E-state index < -0.39 is 0 Å². The van der Waals surface area contributed by atoms with E-state index in [1.807, 2.05) is 0 Å². The summed E-state index contributed by atoms with van der Waals surface area (Å²) in [5.74, 6) is -0.631. The zero-order valence-corrected chi connectivity index (χ0v) is 8.46. The van der Waals surface area contributed by atoms with Gasteiger partial charge in [0, 0.05) is 6.54 Å². The first kappa shape index (κ1) is 12.9. The van der Waals surface area contributed by atoms with Crippen LogP contribution in [0.3, 0.4) is 0 Å². The second-order valence-electron chi connectivity index (χ2n) is 2.41. The Hall–Kier alpha value is -1.14. The topological polar surface area (TPSA) is 76.7 Å². The Labute approximate surface area is 82.9 Å². The molecule has 0 atom stereocenters. The number of hydrogen-bond donors (Lipinski definition) is 2. The molecule has 0 aliphatic rings. The Morgan fingerprint density at radius 1 is 1.21 bits per heavy atom. The maximum atomic E-state index is 10.8. The summed E-state index contributed by atoms with van der Waals surface area (Å²) in [5.41, 5.74) is 5.29. The van der Waals surface area contributed by atoms with Crippen molar-refractivity contribution in [1.29, 1.82) is 0 Å². The number of carbonyl (C=O) groups is 2. The van der Waals surface area contributed by atoms with Gasteiger partial charge in [0.15, 0.2) is 0 Å². The van der Waals surface area contributed by atoms with Crippen LogP contribution < -0.4 is 10.9 Å². The zero-order valence-electron chi connectivity index (χ0n) is 8.46. The molecular weight excluding hydrogens is 188 g/mol. The molecule has 0 amide bonds. The van der Waals surface area contributed by atoms with Gasteiger partial charge in [-0.3, -0.25) is 15.0 Å². The number of rotatable bonds is 7. The van der Waals surface area contributed by atoms with Crippen LogP contribution in [0.1, 0.15) is 13.3 Å². The Bertz CT molecular complexity index is 184. The van der Waals surface area contributed by atoms with E-state index in [0.29, 0.717) is 13.2 Å². The van der Waals surface area contributed by atoms with Crippen LogP contribution in [0.5, 0.6) is 0 Å². The molecule has 0 unspecified atom stereocenters. The van der Waals surface area contributed by atoms with Crippen molar-refractivity contribution in [2.24, 2.45) is 0 Å². The van der Waals surface area contributed by atoms with Crippen LogP contribution >= 0.6 is 0 Å². The Morgan fingerprint density at radius 2 is 1.93 bits per heavy atom. The fourth-order valence-electron chi connectivity index (χ4n) is 0.693. The molecule has 0 spiro atoms. The monoisotopic (exact) mass is 204 g/mol. The SMILES string of the molecule is CCOC(=O)CCNNCC(=O)OC. The lowest BCUT2D eigenvalue weighted by Crippen LogP contribution is -2.37. The van der Waals surface area contributed by atoms with Crippen LogP contribution in [0.15, 0.2) is 0 Å². The molecule has 0 saturated heterocycles. The van der Waals surface area contributed by atoms with Crippen molar-refractivity contribution in [2.45, 2.75) is 13.3 Å². The predicted molar refractivity (Wildman–Crippen MR) is 49.3 cm³/mol. The minimum Gasteiger partial charge on any atom is -0.468 e. The third kappa shape index (κ3) is 7.51. The summed E-state index contributed by atoms with van der Waals surface area (Å²) in [5, 5.41) is 0. The van der Waals surface area contributed by atoms with Crippen molar-refractivity contribution in [1.82, 2.24) is 10.9 Å². The molecule has 0 aliphatic heterocycles. The molecule has 0 bridgehead atoms. The highest BCUT2D eigenvalue weighted by Crippen LogP contribution is 1.82. The molecule has 0 aliphatic carbocycles. The summed E-state index contributed by atoms with van der Waals surface area (Å²) >= 11 is 0. The van der Waals surface area contributed by atoms with E-state index in [0.717, 1.165) is 0 Å². The minimum atomic E-state index is -0.367. The molecule has 0 rings (SSSR count). The fourth-order valence-corrected chi connectivity index (χ4v) is 0.693. The highest BCUT2D eigenvalue weighted by atomic mass is 16.5. The number of hydrazine groups is 1. The van der Waals surface area contributed by atoms with Crippen LogP contribution in [0.2, 0.25) is 0 Å². The number of hydrogen-bond acceptors (Lipinski definition) is 6. The smallest absolute Gasteiger partial charge is 0.321 e. The van der Waals surface area contributed by atoms with Gasteiger partial charge in [0.25, 0.3) is 0 Å². The normalized spacial score (nSPS) is 9.57. The van der Waals surface area contributed by atoms with E-state index in [-0.39, 0.29) is 24.9 Å². The maximum Gasteiger partial charge on any atom is 0.321 e. The van der Waals surface area contributed by atoms with Crippen LogP contribution in [0, 0.1) is 0 Å². The van der Waals surface area contributed by atoms with Gasteiger partial charge >= 0.3 is 11.9 Å². The van der Waals surface area contributed by atoms with Crippen LogP contribution in [-0.2, 0) is 19.1 Å². The van der Waals surface area contributed by atoms with Gasteiger partial charge in [-0.25, -0.2) is 5.43 Å². The lowest BCUT2D eigenvalue weighted by Gasteiger charge is -2.05. The van der Waals surface area contributed by atoms with Gasteiger partial charge in [-0.2, -0.15) is 0 Å². The summed E-state index contributed by atoms with van der Waals surface area (Å²) in [6.07, 6.45) is 0.266. The molecule has 0 radical (unpaired) electrons. The van der Waals surface area contributed by atoms with Crippen molar-refractivity contribution in [2.75, 3.05) is 26.8 Å². The summed E-state index contributed by atoms with van der Waals surface area (Å²) in [6.45, 7) is 2.62. The van der Waals surface area contributed by atoms with Gasteiger partial charge in [-0.1, -0.05) is 0 Å². The first-order valence-corrected chi connectivity index (χ1v) is 4.38. The number of esters is 2. The maximum absolute atomic E-state index is 10.8. The molecule has 0 aromatic rings.